The summed E-state index contributed by atoms with van der Waals surface area (Å²) >= 11 is 12.1. The van der Waals surface area contributed by atoms with Crippen LogP contribution < -0.4 is 0 Å². The molecule has 110 valence electrons. The van der Waals surface area contributed by atoms with Crippen molar-refractivity contribution in [3.05, 3.63) is 47.0 Å². The van der Waals surface area contributed by atoms with Gasteiger partial charge in [0.25, 0.3) is 0 Å². The van der Waals surface area contributed by atoms with E-state index in [4.69, 9.17) is 23.2 Å². The first-order valence-electron chi connectivity index (χ1n) is 6.87. The lowest BCUT2D eigenvalue weighted by molar-refractivity contribution is 0.651. The van der Waals surface area contributed by atoms with Gasteiger partial charge < -0.3 is 4.57 Å². The fourth-order valence-corrected chi connectivity index (χ4v) is 2.89. The Labute approximate surface area is 133 Å². The molecule has 0 fully saturated rings. The van der Waals surface area contributed by atoms with Crippen molar-refractivity contribution in [2.24, 2.45) is 7.05 Å². The van der Waals surface area contributed by atoms with Gasteiger partial charge in [0.15, 0.2) is 0 Å². The molecule has 0 aliphatic rings. The van der Waals surface area contributed by atoms with E-state index in [2.05, 4.69) is 14.6 Å². The molecule has 0 aliphatic heterocycles. The minimum absolute atomic E-state index is 0.546. The zero-order chi connectivity index (χ0) is 14.8. The Hall–Kier alpha value is -1.52. The van der Waals surface area contributed by atoms with E-state index in [-0.39, 0.29) is 0 Å². The number of aryl methyl sites for hydroxylation is 4. The first kappa shape index (κ1) is 14.4. The third kappa shape index (κ3) is 2.92. The van der Waals surface area contributed by atoms with Crippen LogP contribution in [0, 0.1) is 0 Å². The molecule has 1 aromatic carbocycles. The maximum atomic E-state index is 6.24. The number of para-hydroxylation sites is 1. The number of halogens is 2. The molecule has 3 aromatic rings. The second kappa shape index (κ2) is 6.08. The largest absolute Gasteiger partial charge is 0.328 e. The molecule has 0 spiro atoms. The van der Waals surface area contributed by atoms with Crippen molar-refractivity contribution in [2.45, 2.75) is 19.4 Å². The van der Waals surface area contributed by atoms with Crippen molar-refractivity contribution >= 4 is 34.2 Å². The first-order valence-corrected chi connectivity index (χ1v) is 7.78. The molecule has 21 heavy (non-hydrogen) atoms. The molecular weight excluding hydrogens is 307 g/mol. The molecule has 0 saturated heterocycles. The van der Waals surface area contributed by atoms with E-state index in [0.29, 0.717) is 10.9 Å². The summed E-state index contributed by atoms with van der Waals surface area (Å²) in [6, 6.07) is 7.90. The average molecular weight is 323 g/mol. The summed E-state index contributed by atoms with van der Waals surface area (Å²) in [5, 5.41) is 5.09. The Morgan fingerprint density at radius 1 is 1.19 bits per heavy atom. The lowest BCUT2D eigenvalue weighted by atomic mass is 10.3. The first-order chi connectivity index (χ1) is 10.2. The smallest absolute Gasteiger partial charge is 0.111 e. The van der Waals surface area contributed by atoms with Crippen LogP contribution in [0.5, 0.6) is 0 Å². The Balaban J connectivity index is 1.95. The SMILES string of the molecule is Cn1ccc(CCn2c(CCCl)nc3c(Cl)cccc32)n1. The van der Waals surface area contributed by atoms with Gasteiger partial charge in [-0.15, -0.1) is 11.6 Å². The monoisotopic (exact) mass is 322 g/mol. The Morgan fingerprint density at radius 2 is 2.05 bits per heavy atom. The van der Waals surface area contributed by atoms with Crippen LogP contribution in [0.1, 0.15) is 11.5 Å². The fourth-order valence-electron chi connectivity index (χ4n) is 2.51. The summed E-state index contributed by atoms with van der Waals surface area (Å²) in [5.41, 5.74) is 2.97. The van der Waals surface area contributed by atoms with E-state index in [1.807, 2.05) is 42.2 Å². The van der Waals surface area contributed by atoms with Crippen molar-refractivity contribution in [1.82, 2.24) is 19.3 Å². The highest BCUT2D eigenvalue weighted by atomic mass is 35.5. The molecule has 0 bridgehead atoms. The Morgan fingerprint density at radius 3 is 2.76 bits per heavy atom. The number of aromatic nitrogens is 4. The second-order valence-corrected chi connectivity index (χ2v) is 5.74. The zero-order valence-electron chi connectivity index (χ0n) is 11.8. The summed E-state index contributed by atoms with van der Waals surface area (Å²) < 4.78 is 4.01. The molecule has 3 rings (SSSR count). The van der Waals surface area contributed by atoms with Gasteiger partial charge in [-0.1, -0.05) is 17.7 Å². The minimum Gasteiger partial charge on any atom is -0.328 e. The third-order valence-corrected chi connectivity index (χ3v) is 3.98. The molecule has 0 aliphatic carbocycles. The number of hydrogen-bond acceptors (Lipinski definition) is 2. The Kier molecular flexibility index (Phi) is 4.17. The van der Waals surface area contributed by atoms with Gasteiger partial charge in [-0.05, 0) is 18.2 Å². The van der Waals surface area contributed by atoms with Gasteiger partial charge >= 0.3 is 0 Å². The third-order valence-electron chi connectivity index (χ3n) is 3.49. The molecule has 0 N–H and O–H groups in total. The second-order valence-electron chi connectivity index (χ2n) is 4.96. The van der Waals surface area contributed by atoms with Crippen LogP contribution in [0.2, 0.25) is 5.02 Å². The summed E-state index contributed by atoms with van der Waals surface area (Å²) in [6.45, 7) is 0.820. The number of benzene rings is 1. The highest BCUT2D eigenvalue weighted by Crippen LogP contribution is 2.24. The molecule has 6 heteroatoms. The van der Waals surface area contributed by atoms with Gasteiger partial charge in [0.1, 0.15) is 11.3 Å². The van der Waals surface area contributed by atoms with Crippen LogP contribution in [0.4, 0.5) is 0 Å². The standard InChI is InChI=1S/C15H16Cl2N4/c1-20-9-6-11(19-20)7-10-21-13-4-2-3-12(17)15(13)18-14(21)5-8-16/h2-4,6,9H,5,7-8,10H2,1H3. The summed E-state index contributed by atoms with van der Waals surface area (Å²) in [6.07, 6.45) is 3.54. The summed E-state index contributed by atoms with van der Waals surface area (Å²) in [5.74, 6) is 1.52. The summed E-state index contributed by atoms with van der Waals surface area (Å²) in [4.78, 5) is 4.64. The topological polar surface area (TPSA) is 35.6 Å². The van der Waals surface area contributed by atoms with Crippen LogP contribution >= 0.6 is 23.2 Å². The fraction of sp³-hybridized carbons (Fsp3) is 0.333. The molecule has 0 amide bonds. The molecule has 0 saturated carbocycles. The predicted octanol–water partition coefficient (Wildman–Crippen LogP) is 3.45. The van der Waals surface area contributed by atoms with Gasteiger partial charge in [0, 0.05) is 38.5 Å². The highest BCUT2D eigenvalue weighted by molar-refractivity contribution is 6.34. The van der Waals surface area contributed by atoms with Crippen LogP contribution in [-0.2, 0) is 26.4 Å². The number of hydrogen-bond donors (Lipinski definition) is 0. The molecule has 2 heterocycles. The van der Waals surface area contributed by atoms with Crippen molar-refractivity contribution in [3.63, 3.8) is 0 Å². The van der Waals surface area contributed by atoms with Gasteiger partial charge in [0.2, 0.25) is 0 Å². The number of fused-ring (bicyclic) bond motifs is 1. The highest BCUT2D eigenvalue weighted by Gasteiger charge is 2.12. The number of nitrogens with zero attached hydrogens (tertiary/aromatic N) is 4. The molecule has 0 radical (unpaired) electrons. The Bertz CT molecular complexity index is 760. The molecular formula is C15H16Cl2N4. The quantitative estimate of drug-likeness (QED) is 0.674. The molecule has 2 aromatic heterocycles. The van der Waals surface area contributed by atoms with E-state index in [0.717, 1.165) is 41.9 Å². The maximum Gasteiger partial charge on any atom is 0.111 e. The van der Waals surface area contributed by atoms with Crippen LogP contribution in [0.25, 0.3) is 11.0 Å². The minimum atomic E-state index is 0.546. The van der Waals surface area contributed by atoms with E-state index in [9.17, 15) is 0 Å². The van der Waals surface area contributed by atoms with Crippen LogP contribution in [-0.4, -0.2) is 25.2 Å². The van der Waals surface area contributed by atoms with Gasteiger partial charge in [-0.2, -0.15) is 5.10 Å². The lowest BCUT2D eigenvalue weighted by Crippen LogP contribution is -2.07. The molecule has 0 atom stereocenters. The van der Waals surface area contributed by atoms with E-state index >= 15 is 0 Å². The van der Waals surface area contributed by atoms with Crippen molar-refractivity contribution in [3.8, 4) is 0 Å². The lowest BCUT2D eigenvalue weighted by Gasteiger charge is -2.07. The van der Waals surface area contributed by atoms with Crippen molar-refractivity contribution < 1.29 is 0 Å². The maximum absolute atomic E-state index is 6.24. The normalized spacial score (nSPS) is 11.4. The number of alkyl halides is 1. The number of rotatable bonds is 5. The van der Waals surface area contributed by atoms with Crippen molar-refractivity contribution in [1.29, 1.82) is 0 Å². The van der Waals surface area contributed by atoms with Gasteiger partial charge in [-0.25, -0.2) is 4.98 Å². The van der Waals surface area contributed by atoms with E-state index in [1.165, 1.54) is 0 Å². The average Bonchev–Trinajstić information content (AvgIpc) is 3.02. The van der Waals surface area contributed by atoms with Crippen molar-refractivity contribution in [2.75, 3.05) is 5.88 Å². The van der Waals surface area contributed by atoms with Gasteiger partial charge in [0.05, 0.1) is 16.2 Å². The van der Waals surface area contributed by atoms with Crippen LogP contribution in [0.15, 0.2) is 30.5 Å². The summed E-state index contributed by atoms with van der Waals surface area (Å²) in [7, 11) is 1.93. The molecule has 0 unspecified atom stereocenters. The van der Waals surface area contributed by atoms with Crippen LogP contribution in [0.3, 0.4) is 0 Å². The van der Waals surface area contributed by atoms with E-state index in [1.54, 1.807) is 0 Å². The zero-order valence-corrected chi connectivity index (χ0v) is 13.3. The van der Waals surface area contributed by atoms with E-state index < -0.39 is 0 Å². The number of imidazole rings is 1. The van der Waals surface area contributed by atoms with Gasteiger partial charge in [-0.3, -0.25) is 4.68 Å². The molecule has 4 nitrogen and oxygen atoms in total. The predicted molar refractivity (Wildman–Crippen MR) is 86.1 cm³/mol.